The Balaban J connectivity index is 4.03. The van der Waals surface area contributed by atoms with Crippen molar-refractivity contribution in [3.63, 3.8) is 0 Å². The molecular formula is C4H5NO7P-3. The SMILES string of the molecule is NC(C(=O)[O-])C(=O)COP(=O)([O-])[O-]. The van der Waals surface area contributed by atoms with E-state index < -0.39 is 32.2 Å². The zero-order valence-corrected chi connectivity index (χ0v) is 7.06. The number of phosphoric ester groups is 1. The lowest BCUT2D eigenvalue weighted by Crippen LogP contribution is -2.48. The number of carbonyl (C=O) groups is 2. The maximum atomic E-state index is 10.6. The van der Waals surface area contributed by atoms with Crippen LogP contribution in [-0.2, 0) is 18.7 Å². The monoisotopic (exact) mass is 210 g/mol. The second-order valence-corrected chi connectivity index (χ2v) is 3.14. The van der Waals surface area contributed by atoms with E-state index in [1.165, 1.54) is 0 Å². The molecule has 8 nitrogen and oxygen atoms in total. The van der Waals surface area contributed by atoms with Gasteiger partial charge >= 0.3 is 0 Å². The number of phosphoric acid groups is 1. The average molecular weight is 210 g/mol. The van der Waals surface area contributed by atoms with E-state index in [1.807, 2.05) is 0 Å². The number of hydrogen-bond donors (Lipinski definition) is 1. The maximum Gasteiger partial charge on any atom is 0.181 e. The third-order valence-electron chi connectivity index (χ3n) is 0.966. The van der Waals surface area contributed by atoms with Gasteiger partial charge in [0.1, 0.15) is 12.6 Å². The second kappa shape index (κ2) is 4.45. The molecule has 1 atom stereocenters. The van der Waals surface area contributed by atoms with Crippen molar-refractivity contribution in [1.82, 2.24) is 0 Å². The third-order valence-corrected chi connectivity index (χ3v) is 1.41. The van der Waals surface area contributed by atoms with Crippen LogP contribution in [0.3, 0.4) is 0 Å². The number of carboxylic acid groups (broad SMARTS) is 1. The molecule has 76 valence electrons. The number of Topliss-reactive ketones (excluding diaryl/α,β-unsaturated/α-hetero) is 1. The van der Waals surface area contributed by atoms with Crippen LogP contribution in [0, 0.1) is 0 Å². The van der Waals surface area contributed by atoms with Crippen molar-refractivity contribution in [2.24, 2.45) is 5.73 Å². The molecule has 2 N–H and O–H groups in total. The molecule has 0 saturated heterocycles. The van der Waals surface area contributed by atoms with E-state index in [4.69, 9.17) is 5.73 Å². The van der Waals surface area contributed by atoms with Crippen molar-refractivity contribution < 1.29 is 33.6 Å². The molecule has 0 rings (SSSR count). The van der Waals surface area contributed by atoms with Crippen molar-refractivity contribution in [3.05, 3.63) is 0 Å². The summed E-state index contributed by atoms with van der Waals surface area (Å²) in [5, 5.41) is 9.93. The predicted octanol–water partition coefficient (Wildman–Crippen LogP) is -4.52. The van der Waals surface area contributed by atoms with E-state index in [9.17, 15) is 29.0 Å². The molecule has 0 spiro atoms. The average Bonchev–Trinajstić information content (AvgIpc) is 1.97. The minimum Gasteiger partial charge on any atom is -0.790 e. The molecule has 0 aromatic carbocycles. The molecule has 13 heavy (non-hydrogen) atoms. The molecule has 0 heterocycles. The normalized spacial score (nSPS) is 13.8. The molecule has 0 aliphatic heterocycles. The van der Waals surface area contributed by atoms with Gasteiger partial charge in [0.15, 0.2) is 5.78 Å². The molecule has 1 unspecified atom stereocenters. The number of nitrogens with two attached hydrogens (primary N) is 1. The van der Waals surface area contributed by atoms with Crippen molar-refractivity contribution >= 4 is 19.6 Å². The molecule has 0 aliphatic carbocycles. The number of carbonyl (C=O) groups excluding carboxylic acids is 2. The Labute approximate surface area is 72.5 Å². The topological polar surface area (TPSA) is 156 Å². The third kappa shape index (κ3) is 5.45. The van der Waals surface area contributed by atoms with Crippen LogP contribution in [0.25, 0.3) is 0 Å². The highest BCUT2D eigenvalue weighted by Crippen LogP contribution is 2.23. The summed E-state index contributed by atoms with van der Waals surface area (Å²) in [6, 6.07) is -1.99. The maximum absolute atomic E-state index is 10.6. The summed E-state index contributed by atoms with van der Waals surface area (Å²) in [4.78, 5) is 40.1. The first-order chi connectivity index (χ1) is 5.74. The van der Waals surface area contributed by atoms with E-state index >= 15 is 0 Å². The minimum absolute atomic E-state index is 1.20. The number of rotatable bonds is 5. The van der Waals surface area contributed by atoms with Crippen LogP contribution in [0.4, 0.5) is 0 Å². The molecule has 0 amide bonds. The van der Waals surface area contributed by atoms with Gasteiger partial charge in [-0.15, -0.1) is 0 Å². The first-order valence-electron chi connectivity index (χ1n) is 2.90. The fraction of sp³-hybridized carbons (Fsp3) is 0.500. The highest BCUT2D eigenvalue weighted by atomic mass is 31.2. The van der Waals surface area contributed by atoms with Crippen LogP contribution >= 0.6 is 7.82 Å². The summed E-state index contributed by atoms with van der Waals surface area (Å²) in [6.07, 6.45) is 0. The van der Waals surface area contributed by atoms with Crippen molar-refractivity contribution in [2.45, 2.75) is 6.04 Å². The quantitative estimate of drug-likeness (QED) is 0.351. The fourth-order valence-electron chi connectivity index (χ4n) is 0.364. The van der Waals surface area contributed by atoms with E-state index in [0.717, 1.165) is 0 Å². The van der Waals surface area contributed by atoms with Crippen molar-refractivity contribution in [3.8, 4) is 0 Å². The van der Waals surface area contributed by atoms with Gasteiger partial charge in [-0.1, -0.05) is 0 Å². The van der Waals surface area contributed by atoms with Gasteiger partial charge in [-0.2, -0.15) is 0 Å². The molecule has 0 aromatic rings. The number of carboxylic acids is 1. The van der Waals surface area contributed by atoms with Gasteiger partial charge < -0.3 is 34.5 Å². The zero-order valence-electron chi connectivity index (χ0n) is 6.17. The molecule has 0 radical (unpaired) electrons. The lowest BCUT2D eigenvalue weighted by Gasteiger charge is -2.28. The summed E-state index contributed by atoms with van der Waals surface area (Å²) < 4.78 is 13.3. The van der Waals surface area contributed by atoms with Crippen molar-refractivity contribution in [2.75, 3.05) is 6.61 Å². The standard InChI is InChI=1S/C4H8NO7P/c5-3(4(7)8)2(6)1-12-13(9,10)11/h3H,1,5H2,(H,7,8)(H2,9,10,11)/p-3. The number of ketones is 1. The molecule has 0 saturated carbocycles. The van der Waals surface area contributed by atoms with E-state index in [0.29, 0.717) is 0 Å². The van der Waals surface area contributed by atoms with Crippen LogP contribution in [0.15, 0.2) is 0 Å². The van der Waals surface area contributed by atoms with Gasteiger partial charge in [-0.05, 0) is 0 Å². The second-order valence-electron chi connectivity index (χ2n) is 1.98. The van der Waals surface area contributed by atoms with Gasteiger partial charge in [0.25, 0.3) is 0 Å². The van der Waals surface area contributed by atoms with Crippen LogP contribution in [0.2, 0.25) is 0 Å². The van der Waals surface area contributed by atoms with Crippen LogP contribution < -0.4 is 20.6 Å². The molecule has 0 aromatic heterocycles. The summed E-state index contributed by atoms with van der Waals surface area (Å²) in [5.74, 6) is -3.13. The smallest absolute Gasteiger partial charge is 0.181 e. The Morgan fingerprint density at radius 3 is 2.23 bits per heavy atom. The highest BCUT2D eigenvalue weighted by Gasteiger charge is 2.14. The molecular weight excluding hydrogens is 205 g/mol. The predicted molar refractivity (Wildman–Crippen MR) is 31.5 cm³/mol. The Kier molecular flexibility index (Phi) is 4.18. The van der Waals surface area contributed by atoms with Gasteiger partial charge in [0.2, 0.25) is 0 Å². The summed E-state index contributed by atoms with van der Waals surface area (Å²) in [5.41, 5.74) is 4.70. The van der Waals surface area contributed by atoms with E-state index in [1.54, 1.807) is 0 Å². The van der Waals surface area contributed by atoms with Crippen molar-refractivity contribution in [1.29, 1.82) is 0 Å². The van der Waals surface area contributed by atoms with Crippen LogP contribution in [0.1, 0.15) is 0 Å². The largest absolute Gasteiger partial charge is 0.790 e. The number of hydrogen-bond acceptors (Lipinski definition) is 8. The lowest BCUT2D eigenvalue weighted by molar-refractivity contribution is -0.341. The molecule has 0 aliphatic rings. The summed E-state index contributed by atoms with van der Waals surface area (Å²) >= 11 is 0. The highest BCUT2D eigenvalue weighted by molar-refractivity contribution is 7.43. The van der Waals surface area contributed by atoms with Crippen LogP contribution in [-0.4, -0.2) is 24.4 Å². The van der Waals surface area contributed by atoms with E-state index in [2.05, 4.69) is 4.52 Å². The Hall–Kier alpha value is -0.790. The zero-order chi connectivity index (χ0) is 10.6. The van der Waals surface area contributed by atoms with Crippen LogP contribution in [0.5, 0.6) is 0 Å². The summed E-state index contributed by atoms with van der Waals surface area (Å²) in [7, 11) is -5.28. The first kappa shape index (κ1) is 12.2. The van der Waals surface area contributed by atoms with Gasteiger partial charge in [-0.3, -0.25) is 4.79 Å². The molecule has 0 fully saturated rings. The fourth-order valence-corrected chi connectivity index (χ4v) is 0.649. The van der Waals surface area contributed by atoms with Gasteiger partial charge in [0, 0.05) is 0 Å². The Morgan fingerprint density at radius 2 is 1.92 bits per heavy atom. The van der Waals surface area contributed by atoms with Gasteiger partial charge in [-0.25, -0.2) is 0 Å². The van der Waals surface area contributed by atoms with Gasteiger partial charge in [0.05, 0.1) is 13.8 Å². The Morgan fingerprint density at radius 1 is 1.46 bits per heavy atom. The minimum atomic E-state index is -5.28. The lowest BCUT2D eigenvalue weighted by atomic mass is 10.2. The molecule has 9 heteroatoms. The first-order valence-corrected chi connectivity index (χ1v) is 4.36. The Bertz CT molecular complexity index is 257. The van der Waals surface area contributed by atoms with E-state index in [-0.39, 0.29) is 0 Å². The number of aliphatic carboxylic acids is 1. The summed E-state index contributed by atoms with van der Waals surface area (Å²) in [6.45, 7) is -1.20. The molecule has 0 bridgehead atoms.